The van der Waals surface area contributed by atoms with Gasteiger partial charge in [-0.15, -0.1) is 0 Å². The van der Waals surface area contributed by atoms with E-state index in [9.17, 15) is 0 Å². The number of ether oxygens (including phenoxy) is 1. The van der Waals surface area contributed by atoms with Crippen LogP contribution in [-0.4, -0.2) is 7.05 Å². The van der Waals surface area contributed by atoms with E-state index < -0.39 is 0 Å². The van der Waals surface area contributed by atoms with E-state index in [-0.39, 0.29) is 0 Å². The highest BCUT2D eigenvalue weighted by atomic mass is 35.5. The van der Waals surface area contributed by atoms with Gasteiger partial charge in [-0.05, 0) is 36.7 Å². The van der Waals surface area contributed by atoms with Crippen molar-refractivity contribution in [2.24, 2.45) is 0 Å². The van der Waals surface area contributed by atoms with Crippen LogP contribution in [0.25, 0.3) is 0 Å². The second-order valence-electron chi connectivity index (χ2n) is 4.71. The minimum Gasteiger partial charge on any atom is -0.489 e. The average molecular weight is 290 g/mol. The number of nitrogens with one attached hydrogen (secondary N) is 1. The number of rotatable bonds is 6. The van der Waals surface area contributed by atoms with Crippen LogP contribution in [0.1, 0.15) is 23.6 Å². The Morgan fingerprint density at radius 1 is 1.05 bits per heavy atom. The largest absolute Gasteiger partial charge is 0.489 e. The lowest BCUT2D eigenvalue weighted by atomic mass is 10.1. The summed E-state index contributed by atoms with van der Waals surface area (Å²) in [7, 11) is 1.90. The summed E-state index contributed by atoms with van der Waals surface area (Å²) in [5, 5.41) is 3.85. The number of halogens is 1. The maximum absolute atomic E-state index is 6.21. The highest BCUT2D eigenvalue weighted by molar-refractivity contribution is 6.31. The van der Waals surface area contributed by atoms with E-state index in [0.29, 0.717) is 13.2 Å². The molecule has 0 aliphatic rings. The fraction of sp³-hybridized carbons (Fsp3) is 0.294. The van der Waals surface area contributed by atoms with Gasteiger partial charge in [0.1, 0.15) is 12.4 Å². The van der Waals surface area contributed by atoms with Gasteiger partial charge in [0.25, 0.3) is 0 Å². The zero-order valence-corrected chi connectivity index (χ0v) is 12.7. The van der Waals surface area contributed by atoms with Gasteiger partial charge in [0.05, 0.1) is 0 Å². The van der Waals surface area contributed by atoms with E-state index >= 15 is 0 Å². The summed E-state index contributed by atoms with van der Waals surface area (Å²) in [6.45, 7) is 3.41. The van der Waals surface area contributed by atoms with Crippen LogP contribution >= 0.6 is 11.6 Å². The summed E-state index contributed by atoms with van der Waals surface area (Å²) in [6.07, 6.45) is 1.06. The quantitative estimate of drug-likeness (QED) is 0.860. The lowest BCUT2D eigenvalue weighted by molar-refractivity contribution is 0.302. The molecule has 0 saturated carbocycles. The van der Waals surface area contributed by atoms with Crippen LogP contribution in [0.4, 0.5) is 0 Å². The van der Waals surface area contributed by atoms with E-state index in [4.69, 9.17) is 16.3 Å². The second-order valence-corrected chi connectivity index (χ2v) is 5.11. The van der Waals surface area contributed by atoms with Gasteiger partial charge in [-0.25, -0.2) is 0 Å². The van der Waals surface area contributed by atoms with Gasteiger partial charge in [0.2, 0.25) is 0 Å². The molecule has 0 unspecified atom stereocenters. The Labute approximate surface area is 125 Å². The lowest BCUT2D eigenvalue weighted by Gasteiger charge is -2.13. The molecule has 0 heterocycles. The number of hydrogen-bond acceptors (Lipinski definition) is 2. The number of hydrogen-bond donors (Lipinski definition) is 1. The Morgan fingerprint density at radius 3 is 2.40 bits per heavy atom. The molecule has 0 aliphatic carbocycles. The van der Waals surface area contributed by atoms with E-state index in [1.807, 2.05) is 25.2 Å². The molecule has 2 aromatic rings. The van der Waals surface area contributed by atoms with Crippen LogP contribution in [0.3, 0.4) is 0 Å². The third-order valence-electron chi connectivity index (χ3n) is 3.25. The molecule has 0 aliphatic heterocycles. The maximum atomic E-state index is 6.21. The molecule has 0 radical (unpaired) electrons. The second kappa shape index (κ2) is 7.32. The van der Waals surface area contributed by atoms with Crippen LogP contribution in [0.2, 0.25) is 5.02 Å². The molecule has 3 heteroatoms. The van der Waals surface area contributed by atoms with Crippen molar-refractivity contribution in [3.8, 4) is 5.75 Å². The smallest absolute Gasteiger partial charge is 0.125 e. The molecule has 0 aromatic heterocycles. The van der Waals surface area contributed by atoms with Crippen molar-refractivity contribution in [3.63, 3.8) is 0 Å². The summed E-state index contributed by atoms with van der Waals surface area (Å²) in [6, 6.07) is 14.3. The predicted molar refractivity (Wildman–Crippen MR) is 84.4 cm³/mol. The van der Waals surface area contributed by atoms with Gasteiger partial charge >= 0.3 is 0 Å². The van der Waals surface area contributed by atoms with Crippen LogP contribution in [-0.2, 0) is 19.6 Å². The molecule has 106 valence electrons. The first kappa shape index (κ1) is 14.9. The SMILES string of the molecule is CCc1ccc(COc2cccc(Cl)c2CNC)cc1. The van der Waals surface area contributed by atoms with Crippen molar-refractivity contribution in [3.05, 3.63) is 64.2 Å². The topological polar surface area (TPSA) is 21.3 Å². The first-order valence-corrected chi connectivity index (χ1v) is 7.25. The molecular weight excluding hydrogens is 270 g/mol. The van der Waals surface area contributed by atoms with Crippen molar-refractivity contribution < 1.29 is 4.74 Å². The zero-order valence-electron chi connectivity index (χ0n) is 11.9. The monoisotopic (exact) mass is 289 g/mol. The van der Waals surface area contributed by atoms with Crippen LogP contribution in [0.5, 0.6) is 5.75 Å². The Morgan fingerprint density at radius 2 is 1.75 bits per heavy atom. The van der Waals surface area contributed by atoms with E-state index in [2.05, 4.69) is 36.5 Å². The van der Waals surface area contributed by atoms with Crippen molar-refractivity contribution >= 4 is 11.6 Å². The highest BCUT2D eigenvalue weighted by Crippen LogP contribution is 2.27. The predicted octanol–water partition coefficient (Wildman–Crippen LogP) is 4.20. The Balaban J connectivity index is 2.08. The van der Waals surface area contributed by atoms with Crippen LogP contribution in [0.15, 0.2) is 42.5 Å². The minimum absolute atomic E-state index is 0.557. The Kier molecular flexibility index (Phi) is 5.45. The molecule has 0 fully saturated rings. The van der Waals surface area contributed by atoms with Crippen molar-refractivity contribution in [1.82, 2.24) is 5.32 Å². The molecule has 0 atom stereocenters. The first-order valence-electron chi connectivity index (χ1n) is 6.87. The van der Waals surface area contributed by atoms with Gasteiger partial charge in [0, 0.05) is 17.1 Å². The maximum Gasteiger partial charge on any atom is 0.125 e. The lowest BCUT2D eigenvalue weighted by Crippen LogP contribution is -2.08. The fourth-order valence-corrected chi connectivity index (χ4v) is 2.29. The van der Waals surface area contributed by atoms with E-state index in [0.717, 1.165) is 28.3 Å². The van der Waals surface area contributed by atoms with Crippen LogP contribution in [0, 0.1) is 0 Å². The van der Waals surface area contributed by atoms with Crippen molar-refractivity contribution in [2.45, 2.75) is 26.5 Å². The molecule has 20 heavy (non-hydrogen) atoms. The Hall–Kier alpha value is -1.51. The summed E-state index contributed by atoms with van der Waals surface area (Å²) in [4.78, 5) is 0. The number of aryl methyl sites for hydroxylation is 1. The summed E-state index contributed by atoms with van der Waals surface area (Å²) < 4.78 is 5.91. The van der Waals surface area contributed by atoms with E-state index in [1.165, 1.54) is 5.56 Å². The Bertz CT molecular complexity index is 551. The fourth-order valence-electron chi connectivity index (χ4n) is 2.05. The first-order chi connectivity index (χ1) is 9.74. The molecule has 0 spiro atoms. The molecule has 1 N–H and O–H groups in total. The molecule has 2 rings (SSSR count). The van der Waals surface area contributed by atoms with Crippen molar-refractivity contribution in [1.29, 1.82) is 0 Å². The molecule has 2 aromatic carbocycles. The summed E-state index contributed by atoms with van der Waals surface area (Å²) in [5.74, 6) is 0.839. The standard InChI is InChI=1S/C17H20ClNO/c1-3-13-7-9-14(10-8-13)12-20-17-6-4-5-16(18)15(17)11-19-2/h4-10,19H,3,11-12H2,1-2H3. The molecule has 0 saturated heterocycles. The molecule has 0 bridgehead atoms. The molecule has 2 nitrogen and oxygen atoms in total. The van der Waals surface area contributed by atoms with Gasteiger partial charge in [-0.2, -0.15) is 0 Å². The third-order valence-corrected chi connectivity index (χ3v) is 3.61. The summed E-state index contributed by atoms with van der Waals surface area (Å²) in [5.41, 5.74) is 3.51. The van der Waals surface area contributed by atoms with Crippen LogP contribution < -0.4 is 10.1 Å². The van der Waals surface area contributed by atoms with E-state index in [1.54, 1.807) is 0 Å². The molecule has 0 amide bonds. The number of benzene rings is 2. The normalized spacial score (nSPS) is 10.6. The highest BCUT2D eigenvalue weighted by Gasteiger charge is 2.07. The minimum atomic E-state index is 0.557. The zero-order chi connectivity index (χ0) is 14.4. The third kappa shape index (κ3) is 3.75. The van der Waals surface area contributed by atoms with Gasteiger partial charge in [0.15, 0.2) is 0 Å². The summed E-state index contributed by atoms with van der Waals surface area (Å²) >= 11 is 6.21. The average Bonchev–Trinajstić information content (AvgIpc) is 2.48. The molecular formula is C17H20ClNO. The van der Waals surface area contributed by atoms with Gasteiger partial charge in [-0.1, -0.05) is 48.9 Å². The van der Waals surface area contributed by atoms with Gasteiger partial charge in [-0.3, -0.25) is 0 Å². The van der Waals surface area contributed by atoms with Gasteiger partial charge < -0.3 is 10.1 Å². The van der Waals surface area contributed by atoms with Crippen molar-refractivity contribution in [2.75, 3.05) is 7.05 Å².